The van der Waals surface area contributed by atoms with Crippen LogP contribution in [0.3, 0.4) is 0 Å². The van der Waals surface area contributed by atoms with Crippen molar-refractivity contribution in [1.82, 2.24) is 4.31 Å². The Balaban J connectivity index is 1.52. The van der Waals surface area contributed by atoms with E-state index in [1.807, 2.05) is 25.1 Å². The van der Waals surface area contributed by atoms with Crippen LogP contribution in [0.4, 0.5) is 16.2 Å². The van der Waals surface area contributed by atoms with E-state index in [2.05, 4.69) is 0 Å². The van der Waals surface area contributed by atoms with Crippen LogP contribution >= 0.6 is 0 Å². The maximum Gasteiger partial charge on any atom is 0.414 e. The van der Waals surface area contributed by atoms with Gasteiger partial charge in [-0.05, 0) is 37.5 Å². The van der Waals surface area contributed by atoms with Gasteiger partial charge in [0.25, 0.3) is 5.69 Å². The summed E-state index contributed by atoms with van der Waals surface area (Å²) in [6.45, 7) is 2.67. The predicted molar refractivity (Wildman–Crippen MR) is 109 cm³/mol. The monoisotopic (exact) mass is 431 g/mol. The van der Waals surface area contributed by atoms with E-state index in [9.17, 15) is 23.3 Å². The number of cyclic esters (lactones) is 1. The van der Waals surface area contributed by atoms with Gasteiger partial charge in [-0.1, -0.05) is 18.2 Å². The Bertz CT molecular complexity index is 1090. The third kappa shape index (κ3) is 3.52. The van der Waals surface area contributed by atoms with Crippen LogP contribution in [0.25, 0.3) is 0 Å². The molecule has 0 spiro atoms. The maximum atomic E-state index is 12.9. The van der Waals surface area contributed by atoms with Crippen molar-refractivity contribution in [2.24, 2.45) is 0 Å². The van der Waals surface area contributed by atoms with Crippen LogP contribution < -0.4 is 4.90 Å². The van der Waals surface area contributed by atoms with E-state index in [0.29, 0.717) is 12.8 Å². The fourth-order valence-corrected chi connectivity index (χ4v) is 5.51. The van der Waals surface area contributed by atoms with Crippen molar-refractivity contribution in [3.63, 3.8) is 0 Å². The Labute approximate surface area is 174 Å². The molecule has 0 unspecified atom stereocenters. The number of hydrogen-bond acceptors (Lipinski definition) is 6. The number of carbonyl (C=O) groups is 1. The minimum atomic E-state index is -3.76. The highest BCUT2D eigenvalue weighted by Gasteiger charge is 2.37. The highest BCUT2D eigenvalue weighted by atomic mass is 32.2. The molecule has 2 aromatic carbocycles. The summed E-state index contributed by atoms with van der Waals surface area (Å²) in [6.07, 6.45) is 0.526. The molecule has 4 rings (SSSR count). The standard InChI is InChI=1S/C20H21N3O6S/c1-14-3-2-4-15-13-29-20(24)22(19(14)15)16-9-11-21(12-10-16)30(27,28)18-7-5-17(6-8-18)23(25)26/h2-8,16H,9-13H2,1H3. The fourth-order valence-electron chi connectivity index (χ4n) is 4.04. The average molecular weight is 431 g/mol. The first-order chi connectivity index (χ1) is 14.3. The minimum Gasteiger partial charge on any atom is -0.444 e. The number of piperidine rings is 1. The number of rotatable bonds is 4. The topological polar surface area (TPSA) is 110 Å². The van der Waals surface area contributed by atoms with Gasteiger partial charge in [-0.2, -0.15) is 4.31 Å². The molecule has 0 radical (unpaired) electrons. The van der Waals surface area contributed by atoms with Crippen LogP contribution in [0.2, 0.25) is 0 Å². The van der Waals surface area contributed by atoms with Crippen LogP contribution in [0, 0.1) is 17.0 Å². The molecule has 0 aromatic heterocycles. The van der Waals surface area contributed by atoms with E-state index in [4.69, 9.17) is 4.74 Å². The zero-order chi connectivity index (χ0) is 21.5. The third-order valence-electron chi connectivity index (χ3n) is 5.58. The minimum absolute atomic E-state index is 0.0186. The Kier molecular flexibility index (Phi) is 5.20. The number of fused-ring (bicyclic) bond motifs is 1. The molecule has 0 bridgehead atoms. The number of aryl methyl sites for hydroxylation is 1. The number of anilines is 1. The summed E-state index contributed by atoms with van der Waals surface area (Å²) in [4.78, 5) is 24.4. The molecule has 0 N–H and O–H groups in total. The molecule has 0 aliphatic carbocycles. The summed E-state index contributed by atoms with van der Waals surface area (Å²) in [7, 11) is -3.76. The largest absolute Gasteiger partial charge is 0.444 e. The SMILES string of the molecule is Cc1cccc2c1N(C1CCN(S(=O)(=O)c3ccc([N+](=O)[O-])cc3)CC1)C(=O)OC2. The van der Waals surface area contributed by atoms with E-state index in [1.165, 1.54) is 28.6 Å². The second kappa shape index (κ2) is 7.69. The summed E-state index contributed by atoms with van der Waals surface area (Å²) in [5, 5.41) is 10.8. The molecule has 2 aliphatic heterocycles. The lowest BCUT2D eigenvalue weighted by molar-refractivity contribution is -0.384. The zero-order valence-electron chi connectivity index (χ0n) is 16.4. The van der Waals surface area contributed by atoms with Crippen LogP contribution in [0.5, 0.6) is 0 Å². The van der Waals surface area contributed by atoms with Crippen molar-refractivity contribution in [1.29, 1.82) is 0 Å². The number of benzene rings is 2. The average Bonchev–Trinajstić information content (AvgIpc) is 2.74. The first-order valence-electron chi connectivity index (χ1n) is 9.58. The van der Waals surface area contributed by atoms with Gasteiger partial charge in [-0.25, -0.2) is 13.2 Å². The molecule has 10 heteroatoms. The number of non-ortho nitro benzene ring substituents is 1. The van der Waals surface area contributed by atoms with Crippen molar-refractivity contribution >= 4 is 27.5 Å². The molecule has 0 saturated carbocycles. The van der Waals surface area contributed by atoms with E-state index in [-0.39, 0.29) is 36.3 Å². The molecule has 0 atom stereocenters. The van der Waals surface area contributed by atoms with E-state index < -0.39 is 21.0 Å². The number of ether oxygens (including phenoxy) is 1. The molecule has 2 aliphatic rings. The molecule has 1 amide bonds. The lowest BCUT2D eigenvalue weighted by Crippen LogP contribution is -2.50. The normalized spacial score (nSPS) is 18.0. The van der Waals surface area contributed by atoms with Gasteiger partial charge in [-0.3, -0.25) is 15.0 Å². The summed E-state index contributed by atoms with van der Waals surface area (Å²) in [6, 6.07) is 10.5. The van der Waals surface area contributed by atoms with Gasteiger partial charge < -0.3 is 4.74 Å². The number of nitro groups is 1. The van der Waals surface area contributed by atoms with Crippen molar-refractivity contribution in [2.75, 3.05) is 18.0 Å². The van der Waals surface area contributed by atoms with E-state index >= 15 is 0 Å². The smallest absolute Gasteiger partial charge is 0.414 e. The Morgan fingerprint density at radius 3 is 2.40 bits per heavy atom. The van der Waals surface area contributed by atoms with Gasteiger partial charge in [-0.15, -0.1) is 0 Å². The molecular formula is C20H21N3O6S. The maximum absolute atomic E-state index is 12.9. The van der Waals surface area contributed by atoms with Gasteiger partial charge in [0.2, 0.25) is 10.0 Å². The van der Waals surface area contributed by atoms with Crippen molar-refractivity contribution < 1.29 is 22.9 Å². The van der Waals surface area contributed by atoms with E-state index in [1.54, 1.807) is 4.90 Å². The fraction of sp³-hybridized carbons (Fsp3) is 0.350. The highest BCUT2D eigenvalue weighted by Crippen LogP contribution is 2.35. The second-order valence-corrected chi connectivity index (χ2v) is 9.33. The zero-order valence-corrected chi connectivity index (χ0v) is 17.2. The number of amides is 1. The molecule has 1 saturated heterocycles. The highest BCUT2D eigenvalue weighted by molar-refractivity contribution is 7.89. The number of sulfonamides is 1. The van der Waals surface area contributed by atoms with Crippen molar-refractivity contribution in [2.45, 2.75) is 37.3 Å². The van der Waals surface area contributed by atoms with Gasteiger partial charge in [0.1, 0.15) is 6.61 Å². The van der Waals surface area contributed by atoms with Gasteiger partial charge in [0.15, 0.2) is 0 Å². The van der Waals surface area contributed by atoms with E-state index in [0.717, 1.165) is 16.8 Å². The number of carbonyl (C=O) groups excluding carboxylic acids is 1. The van der Waals surface area contributed by atoms with Crippen LogP contribution in [0.15, 0.2) is 47.4 Å². The number of hydrogen-bond donors (Lipinski definition) is 0. The molecule has 30 heavy (non-hydrogen) atoms. The third-order valence-corrected chi connectivity index (χ3v) is 7.50. The van der Waals surface area contributed by atoms with Crippen LogP contribution in [-0.2, 0) is 21.4 Å². The molecule has 1 fully saturated rings. The lowest BCUT2D eigenvalue weighted by atomic mass is 10.00. The van der Waals surface area contributed by atoms with Crippen LogP contribution in [0.1, 0.15) is 24.0 Å². The second-order valence-electron chi connectivity index (χ2n) is 7.39. The number of nitrogens with zero attached hydrogens (tertiary/aromatic N) is 3. The number of para-hydroxylation sites is 1. The summed E-state index contributed by atoms with van der Waals surface area (Å²) < 4.78 is 32.5. The van der Waals surface area contributed by atoms with Crippen LogP contribution in [-0.4, -0.2) is 42.9 Å². The first-order valence-corrected chi connectivity index (χ1v) is 11.0. The Morgan fingerprint density at radius 2 is 1.77 bits per heavy atom. The van der Waals surface area contributed by atoms with Crippen molar-refractivity contribution in [3.8, 4) is 0 Å². The van der Waals surface area contributed by atoms with Gasteiger partial charge >= 0.3 is 6.09 Å². The lowest BCUT2D eigenvalue weighted by Gasteiger charge is -2.40. The Hall–Kier alpha value is -2.98. The molecule has 2 heterocycles. The molecule has 9 nitrogen and oxygen atoms in total. The summed E-state index contributed by atoms with van der Waals surface area (Å²) in [5.41, 5.74) is 2.61. The van der Waals surface area contributed by atoms with Crippen molar-refractivity contribution in [3.05, 3.63) is 63.7 Å². The predicted octanol–water partition coefficient (Wildman–Crippen LogP) is 3.21. The molecule has 2 aromatic rings. The molecular weight excluding hydrogens is 410 g/mol. The first kappa shape index (κ1) is 20.3. The number of nitro benzene ring substituents is 1. The summed E-state index contributed by atoms with van der Waals surface area (Å²) in [5.74, 6) is 0. The molecule has 158 valence electrons. The van der Waals surface area contributed by atoms with Gasteiger partial charge in [0.05, 0.1) is 15.5 Å². The van der Waals surface area contributed by atoms with Gasteiger partial charge in [0, 0.05) is 36.8 Å². The Morgan fingerprint density at radius 1 is 1.10 bits per heavy atom. The quantitative estimate of drug-likeness (QED) is 0.543. The summed E-state index contributed by atoms with van der Waals surface area (Å²) >= 11 is 0.